The maximum absolute atomic E-state index is 10.7. The summed E-state index contributed by atoms with van der Waals surface area (Å²) in [6.07, 6.45) is -0.541. The van der Waals surface area contributed by atoms with Gasteiger partial charge in [-0.3, -0.25) is 15.6 Å². The van der Waals surface area contributed by atoms with Crippen molar-refractivity contribution in [3.63, 3.8) is 0 Å². The second kappa shape index (κ2) is 2.28. The quantitative estimate of drug-likeness (QED) is 0.351. The summed E-state index contributed by atoms with van der Waals surface area (Å²) in [6, 6.07) is 0. The van der Waals surface area contributed by atoms with Crippen LogP contribution in [0.1, 0.15) is 0 Å². The number of hydrogen-bond donors (Lipinski definition) is 4. The van der Waals surface area contributed by atoms with Gasteiger partial charge in [-0.05, 0) is 0 Å². The molecule has 5 N–H and O–H groups in total. The fourth-order valence-corrected chi connectivity index (χ4v) is 0.739. The highest BCUT2D eigenvalue weighted by atomic mass is 16.3. The largest absolute Gasteiger partial charge is 0.397 e. The van der Waals surface area contributed by atoms with Crippen LogP contribution in [0.3, 0.4) is 0 Å². The summed E-state index contributed by atoms with van der Waals surface area (Å²) in [4.78, 5) is 10.7. The molecule has 58 valence electrons. The van der Waals surface area contributed by atoms with E-state index >= 15 is 0 Å². The van der Waals surface area contributed by atoms with Crippen LogP contribution in [0, 0.1) is 10.8 Å². The van der Waals surface area contributed by atoms with E-state index in [0.717, 1.165) is 6.08 Å². The van der Waals surface area contributed by atoms with Crippen molar-refractivity contribution in [2.75, 3.05) is 0 Å². The molecule has 1 aliphatic carbocycles. The molecule has 0 aromatic carbocycles. The van der Waals surface area contributed by atoms with E-state index in [-0.39, 0.29) is 11.4 Å². The lowest BCUT2D eigenvalue weighted by Crippen LogP contribution is -2.40. The Balaban J connectivity index is 3.12. The zero-order valence-electron chi connectivity index (χ0n) is 5.59. The maximum atomic E-state index is 10.7. The number of hydrogen-bond acceptors (Lipinski definition) is 5. The van der Waals surface area contributed by atoms with Crippen LogP contribution in [0.2, 0.25) is 0 Å². The summed E-state index contributed by atoms with van der Waals surface area (Å²) in [5.74, 6) is -0.636. The molecule has 11 heavy (non-hydrogen) atoms. The zero-order chi connectivity index (χ0) is 8.59. The molecular weight excluding hydrogens is 146 g/mol. The van der Waals surface area contributed by atoms with Crippen molar-refractivity contribution in [2.45, 2.75) is 6.10 Å². The van der Waals surface area contributed by atoms with Gasteiger partial charge in [0.05, 0.1) is 11.4 Å². The molecule has 0 spiro atoms. The van der Waals surface area contributed by atoms with Crippen LogP contribution >= 0.6 is 0 Å². The molecule has 1 unspecified atom stereocenters. The van der Waals surface area contributed by atoms with E-state index in [0.29, 0.717) is 0 Å². The molecule has 0 fully saturated rings. The molecule has 0 bridgehead atoms. The van der Waals surface area contributed by atoms with Gasteiger partial charge in [-0.25, -0.2) is 0 Å². The third-order valence-electron chi connectivity index (χ3n) is 1.40. The fourth-order valence-electron chi connectivity index (χ4n) is 0.739. The third kappa shape index (κ3) is 1.05. The maximum Gasteiger partial charge on any atom is 0.192 e. The number of rotatable bonds is 0. The lowest BCUT2D eigenvalue weighted by molar-refractivity contribution is -0.119. The Kier molecular flexibility index (Phi) is 1.58. The van der Waals surface area contributed by atoms with Crippen molar-refractivity contribution < 1.29 is 9.90 Å². The smallest absolute Gasteiger partial charge is 0.192 e. The molecular formula is C6H7N3O2. The van der Waals surface area contributed by atoms with Crippen LogP contribution in [0.25, 0.3) is 0 Å². The number of carbonyl (C=O) groups is 1. The SMILES string of the molecule is N=C1C(=N)C(O)C(=O)C=C1N. The minimum atomic E-state index is -1.50. The summed E-state index contributed by atoms with van der Waals surface area (Å²) in [6.45, 7) is 0. The molecule has 0 saturated heterocycles. The molecule has 0 heterocycles. The summed E-state index contributed by atoms with van der Waals surface area (Å²) >= 11 is 0. The standard InChI is InChI=1S/C6H7N3O2/c7-2-1-3(10)6(11)5(9)4(2)8/h1,6,8-9,11H,7H2. The number of aliphatic hydroxyl groups excluding tert-OH is 1. The molecule has 0 amide bonds. The highest BCUT2D eigenvalue weighted by molar-refractivity contribution is 6.53. The van der Waals surface area contributed by atoms with Crippen LogP contribution in [0.4, 0.5) is 0 Å². The molecule has 5 nitrogen and oxygen atoms in total. The van der Waals surface area contributed by atoms with E-state index in [4.69, 9.17) is 21.7 Å². The number of allylic oxidation sites excluding steroid dienone is 1. The highest BCUT2D eigenvalue weighted by Crippen LogP contribution is 2.04. The van der Waals surface area contributed by atoms with E-state index in [9.17, 15) is 4.79 Å². The zero-order valence-corrected chi connectivity index (χ0v) is 5.59. The van der Waals surface area contributed by atoms with E-state index in [1.165, 1.54) is 0 Å². The van der Waals surface area contributed by atoms with Gasteiger partial charge in [-0.2, -0.15) is 0 Å². The average molecular weight is 153 g/mol. The van der Waals surface area contributed by atoms with Crippen molar-refractivity contribution >= 4 is 17.2 Å². The molecule has 0 saturated carbocycles. The number of nitrogens with one attached hydrogen (secondary N) is 2. The molecule has 1 aliphatic rings. The van der Waals surface area contributed by atoms with Gasteiger partial charge in [0.25, 0.3) is 0 Å². The van der Waals surface area contributed by atoms with E-state index in [1.807, 2.05) is 0 Å². The Labute approximate surface area is 62.5 Å². The first-order valence-electron chi connectivity index (χ1n) is 2.91. The first-order chi connectivity index (χ1) is 5.04. The monoisotopic (exact) mass is 153 g/mol. The van der Waals surface area contributed by atoms with Crippen LogP contribution < -0.4 is 5.73 Å². The van der Waals surface area contributed by atoms with Crippen molar-refractivity contribution in [1.29, 1.82) is 10.8 Å². The van der Waals surface area contributed by atoms with Gasteiger partial charge < -0.3 is 10.8 Å². The fraction of sp³-hybridized carbons (Fsp3) is 0.167. The highest BCUT2D eigenvalue weighted by Gasteiger charge is 2.28. The average Bonchev–Trinajstić information content (AvgIpc) is 1.97. The lowest BCUT2D eigenvalue weighted by atomic mass is 9.97. The predicted octanol–water partition coefficient (Wildman–Crippen LogP) is -1.19. The van der Waals surface area contributed by atoms with Crippen LogP contribution in [0.5, 0.6) is 0 Å². The van der Waals surface area contributed by atoms with E-state index < -0.39 is 17.6 Å². The van der Waals surface area contributed by atoms with Crippen LogP contribution in [-0.2, 0) is 4.79 Å². The topological polar surface area (TPSA) is 111 Å². The second-order valence-electron chi connectivity index (χ2n) is 2.19. The van der Waals surface area contributed by atoms with Crippen LogP contribution in [0.15, 0.2) is 11.8 Å². The summed E-state index contributed by atoms with van der Waals surface area (Å²) in [7, 11) is 0. The Hall–Kier alpha value is -1.49. The Morgan fingerprint density at radius 2 is 2.09 bits per heavy atom. The molecule has 0 radical (unpaired) electrons. The number of nitrogens with two attached hydrogens (primary N) is 1. The van der Waals surface area contributed by atoms with Gasteiger partial charge in [-0.15, -0.1) is 0 Å². The van der Waals surface area contributed by atoms with Gasteiger partial charge >= 0.3 is 0 Å². The van der Waals surface area contributed by atoms with Gasteiger partial charge in [0.2, 0.25) is 0 Å². The van der Waals surface area contributed by atoms with Crippen LogP contribution in [-0.4, -0.2) is 28.4 Å². The van der Waals surface area contributed by atoms with Gasteiger partial charge in [0, 0.05) is 6.08 Å². The summed E-state index contributed by atoms with van der Waals surface area (Å²) in [5.41, 5.74) is 4.40. The Morgan fingerprint density at radius 1 is 1.55 bits per heavy atom. The van der Waals surface area contributed by atoms with Crippen molar-refractivity contribution in [1.82, 2.24) is 0 Å². The molecule has 0 aliphatic heterocycles. The van der Waals surface area contributed by atoms with Crippen molar-refractivity contribution in [3.05, 3.63) is 11.8 Å². The number of aliphatic hydroxyl groups is 1. The van der Waals surface area contributed by atoms with Crippen molar-refractivity contribution in [2.24, 2.45) is 5.73 Å². The Morgan fingerprint density at radius 3 is 2.64 bits per heavy atom. The molecule has 5 heteroatoms. The molecule has 0 aromatic heterocycles. The van der Waals surface area contributed by atoms with Gasteiger partial charge in [-0.1, -0.05) is 0 Å². The summed E-state index contributed by atoms with van der Waals surface area (Å²) < 4.78 is 0. The molecule has 0 aromatic rings. The van der Waals surface area contributed by atoms with E-state index in [1.54, 1.807) is 0 Å². The van der Waals surface area contributed by atoms with E-state index in [2.05, 4.69) is 0 Å². The minimum absolute atomic E-state index is 0.0645. The summed E-state index contributed by atoms with van der Waals surface area (Å²) in [5, 5.41) is 23.1. The van der Waals surface area contributed by atoms with Crippen molar-refractivity contribution in [3.8, 4) is 0 Å². The Bertz CT molecular complexity index is 280. The molecule has 1 rings (SSSR count). The third-order valence-corrected chi connectivity index (χ3v) is 1.40. The minimum Gasteiger partial charge on any atom is -0.397 e. The second-order valence-corrected chi connectivity index (χ2v) is 2.19. The van der Waals surface area contributed by atoms with Gasteiger partial charge in [0.1, 0.15) is 5.71 Å². The number of ketones is 1. The first kappa shape index (κ1) is 7.62. The number of carbonyl (C=O) groups excluding carboxylic acids is 1. The molecule has 1 atom stereocenters. The lowest BCUT2D eigenvalue weighted by Gasteiger charge is -2.15. The predicted molar refractivity (Wildman–Crippen MR) is 38.7 cm³/mol. The van der Waals surface area contributed by atoms with Gasteiger partial charge in [0.15, 0.2) is 11.9 Å². The first-order valence-corrected chi connectivity index (χ1v) is 2.91. The normalized spacial score (nSPS) is 25.4.